The SMILES string of the molecule is O=C(NCCc1c[nH]c2ccccc12)[C@H]1Cc2ccccc2S1. The first-order valence-corrected chi connectivity index (χ1v) is 8.76. The molecule has 4 heteroatoms. The molecule has 0 aliphatic carbocycles. The van der Waals surface area contributed by atoms with E-state index in [1.165, 1.54) is 21.4 Å². The number of hydrogen-bond donors (Lipinski definition) is 2. The van der Waals surface area contributed by atoms with Crippen LogP contribution < -0.4 is 5.32 Å². The van der Waals surface area contributed by atoms with E-state index in [0.29, 0.717) is 6.54 Å². The minimum atomic E-state index is 0.00960. The number of nitrogens with one attached hydrogen (secondary N) is 2. The van der Waals surface area contributed by atoms with Gasteiger partial charge in [0, 0.05) is 28.5 Å². The lowest BCUT2D eigenvalue weighted by atomic mass is 10.1. The van der Waals surface area contributed by atoms with Crippen molar-refractivity contribution in [3.05, 3.63) is 65.9 Å². The zero-order valence-electron chi connectivity index (χ0n) is 12.7. The van der Waals surface area contributed by atoms with Crippen LogP contribution in [0.2, 0.25) is 0 Å². The third-order valence-corrected chi connectivity index (χ3v) is 5.63. The molecule has 2 aromatic carbocycles. The number of hydrogen-bond acceptors (Lipinski definition) is 2. The third kappa shape index (κ3) is 2.86. The molecular weight excluding hydrogens is 304 g/mol. The highest BCUT2D eigenvalue weighted by Crippen LogP contribution is 2.36. The summed E-state index contributed by atoms with van der Waals surface area (Å²) in [7, 11) is 0. The Balaban J connectivity index is 1.34. The molecule has 1 amide bonds. The number of aromatic amines is 1. The van der Waals surface area contributed by atoms with Gasteiger partial charge in [0.2, 0.25) is 5.91 Å². The fourth-order valence-corrected chi connectivity index (χ4v) is 4.32. The molecule has 4 rings (SSSR count). The fourth-order valence-electron chi connectivity index (χ4n) is 3.10. The summed E-state index contributed by atoms with van der Waals surface area (Å²) in [6, 6.07) is 16.5. The van der Waals surface area contributed by atoms with Crippen LogP contribution in [0.15, 0.2) is 59.6 Å². The zero-order chi connectivity index (χ0) is 15.6. The molecule has 1 aromatic heterocycles. The van der Waals surface area contributed by atoms with Gasteiger partial charge in [-0.05, 0) is 36.1 Å². The summed E-state index contributed by atoms with van der Waals surface area (Å²) < 4.78 is 0. The molecule has 0 unspecified atom stereocenters. The Hall–Kier alpha value is -2.20. The Bertz CT molecular complexity index is 830. The van der Waals surface area contributed by atoms with Crippen LogP contribution in [-0.2, 0) is 17.6 Å². The van der Waals surface area contributed by atoms with Crippen molar-refractivity contribution in [2.75, 3.05) is 6.54 Å². The van der Waals surface area contributed by atoms with Gasteiger partial charge in [-0.2, -0.15) is 0 Å². The van der Waals surface area contributed by atoms with E-state index in [0.717, 1.165) is 18.4 Å². The molecule has 2 heterocycles. The molecule has 0 bridgehead atoms. The number of amides is 1. The maximum Gasteiger partial charge on any atom is 0.233 e. The van der Waals surface area contributed by atoms with Crippen molar-refractivity contribution in [2.45, 2.75) is 23.0 Å². The van der Waals surface area contributed by atoms with E-state index in [2.05, 4.69) is 34.6 Å². The number of rotatable bonds is 4. The highest BCUT2D eigenvalue weighted by atomic mass is 32.2. The quantitative estimate of drug-likeness (QED) is 0.771. The fraction of sp³-hybridized carbons (Fsp3) is 0.211. The molecule has 0 spiro atoms. The van der Waals surface area contributed by atoms with Crippen LogP contribution in [0, 0.1) is 0 Å². The molecular formula is C19H18N2OS. The van der Waals surface area contributed by atoms with Crippen molar-refractivity contribution in [1.29, 1.82) is 0 Å². The second kappa shape index (κ2) is 6.13. The molecule has 1 aliphatic rings. The van der Waals surface area contributed by atoms with E-state index in [9.17, 15) is 4.79 Å². The first-order valence-electron chi connectivity index (χ1n) is 7.88. The molecule has 0 saturated heterocycles. The van der Waals surface area contributed by atoms with Gasteiger partial charge in [0.15, 0.2) is 0 Å². The predicted octanol–water partition coefficient (Wildman–Crippen LogP) is 3.54. The van der Waals surface area contributed by atoms with Gasteiger partial charge in [-0.25, -0.2) is 0 Å². The molecule has 0 fully saturated rings. The lowest BCUT2D eigenvalue weighted by Crippen LogP contribution is -2.33. The van der Waals surface area contributed by atoms with E-state index in [-0.39, 0.29) is 11.2 Å². The van der Waals surface area contributed by atoms with E-state index in [4.69, 9.17) is 0 Å². The van der Waals surface area contributed by atoms with Crippen molar-refractivity contribution in [2.24, 2.45) is 0 Å². The van der Waals surface area contributed by atoms with E-state index < -0.39 is 0 Å². The molecule has 1 atom stereocenters. The van der Waals surface area contributed by atoms with E-state index >= 15 is 0 Å². The standard InChI is InChI=1S/C19H18N2OS/c22-19(18-11-13-5-1-4-8-17(13)23-18)20-10-9-14-12-21-16-7-3-2-6-15(14)16/h1-8,12,18,21H,9-11H2,(H,20,22)/t18-/m1/s1. The van der Waals surface area contributed by atoms with Crippen molar-refractivity contribution in [1.82, 2.24) is 10.3 Å². The summed E-state index contributed by atoms with van der Waals surface area (Å²) in [5, 5.41) is 4.34. The Morgan fingerprint density at radius 3 is 2.91 bits per heavy atom. The molecule has 116 valence electrons. The number of carbonyl (C=O) groups excluding carboxylic acids is 1. The van der Waals surface area contributed by atoms with Gasteiger partial charge in [-0.1, -0.05) is 36.4 Å². The van der Waals surface area contributed by atoms with Crippen molar-refractivity contribution in [3.8, 4) is 0 Å². The lowest BCUT2D eigenvalue weighted by Gasteiger charge is -2.09. The number of fused-ring (bicyclic) bond motifs is 2. The second-order valence-electron chi connectivity index (χ2n) is 5.82. The number of para-hydroxylation sites is 1. The van der Waals surface area contributed by atoms with Gasteiger partial charge >= 0.3 is 0 Å². The molecule has 3 aromatic rings. The van der Waals surface area contributed by atoms with E-state index in [1.54, 1.807) is 11.8 Å². The Morgan fingerprint density at radius 1 is 1.17 bits per heavy atom. The van der Waals surface area contributed by atoms with Gasteiger partial charge in [-0.15, -0.1) is 11.8 Å². The number of aromatic nitrogens is 1. The molecule has 1 aliphatic heterocycles. The summed E-state index contributed by atoms with van der Waals surface area (Å²) in [6.45, 7) is 0.675. The summed E-state index contributed by atoms with van der Waals surface area (Å²) in [5.74, 6) is 0.144. The highest BCUT2D eigenvalue weighted by molar-refractivity contribution is 8.01. The topological polar surface area (TPSA) is 44.9 Å². The molecule has 0 radical (unpaired) electrons. The van der Waals surface area contributed by atoms with Crippen LogP contribution in [-0.4, -0.2) is 22.7 Å². The number of carbonyl (C=O) groups is 1. The van der Waals surface area contributed by atoms with Crippen LogP contribution in [0.3, 0.4) is 0 Å². The maximum atomic E-state index is 12.4. The van der Waals surface area contributed by atoms with Gasteiger partial charge in [-0.3, -0.25) is 4.79 Å². The van der Waals surface area contributed by atoms with Gasteiger partial charge < -0.3 is 10.3 Å². The summed E-state index contributed by atoms with van der Waals surface area (Å²) in [6.07, 6.45) is 3.72. The average molecular weight is 322 g/mol. The minimum Gasteiger partial charge on any atom is -0.361 e. The largest absolute Gasteiger partial charge is 0.361 e. The van der Waals surface area contributed by atoms with Crippen molar-refractivity contribution in [3.63, 3.8) is 0 Å². The lowest BCUT2D eigenvalue weighted by molar-refractivity contribution is -0.120. The van der Waals surface area contributed by atoms with Crippen LogP contribution >= 0.6 is 11.8 Å². The maximum absolute atomic E-state index is 12.4. The Kier molecular flexibility index (Phi) is 3.83. The number of thioether (sulfide) groups is 1. The minimum absolute atomic E-state index is 0.00960. The average Bonchev–Trinajstić information content (AvgIpc) is 3.19. The Morgan fingerprint density at radius 2 is 2.00 bits per heavy atom. The van der Waals surface area contributed by atoms with E-state index in [1.807, 2.05) is 30.5 Å². The number of benzene rings is 2. The summed E-state index contributed by atoms with van der Waals surface area (Å²) in [5.41, 5.74) is 3.69. The first kappa shape index (κ1) is 14.4. The van der Waals surface area contributed by atoms with Gasteiger partial charge in [0.05, 0.1) is 5.25 Å². The van der Waals surface area contributed by atoms with Crippen LogP contribution in [0.1, 0.15) is 11.1 Å². The van der Waals surface area contributed by atoms with Gasteiger partial charge in [0.25, 0.3) is 0 Å². The zero-order valence-corrected chi connectivity index (χ0v) is 13.5. The normalized spacial score (nSPS) is 16.4. The predicted molar refractivity (Wildman–Crippen MR) is 94.8 cm³/mol. The molecule has 2 N–H and O–H groups in total. The number of H-pyrrole nitrogens is 1. The van der Waals surface area contributed by atoms with Crippen LogP contribution in [0.25, 0.3) is 10.9 Å². The third-order valence-electron chi connectivity index (χ3n) is 4.31. The van der Waals surface area contributed by atoms with Crippen LogP contribution in [0.4, 0.5) is 0 Å². The van der Waals surface area contributed by atoms with Crippen molar-refractivity contribution < 1.29 is 4.79 Å². The summed E-state index contributed by atoms with van der Waals surface area (Å²) >= 11 is 1.68. The van der Waals surface area contributed by atoms with Crippen LogP contribution in [0.5, 0.6) is 0 Å². The van der Waals surface area contributed by atoms with Crippen molar-refractivity contribution >= 4 is 28.6 Å². The monoisotopic (exact) mass is 322 g/mol. The second-order valence-corrected chi connectivity index (χ2v) is 7.06. The molecule has 23 heavy (non-hydrogen) atoms. The Labute approximate surface area is 139 Å². The molecule has 3 nitrogen and oxygen atoms in total. The molecule has 0 saturated carbocycles. The first-order chi connectivity index (χ1) is 11.3. The smallest absolute Gasteiger partial charge is 0.233 e. The summed E-state index contributed by atoms with van der Waals surface area (Å²) in [4.78, 5) is 16.9. The highest BCUT2D eigenvalue weighted by Gasteiger charge is 2.27. The van der Waals surface area contributed by atoms with Gasteiger partial charge in [0.1, 0.15) is 0 Å².